The van der Waals surface area contributed by atoms with Crippen molar-refractivity contribution in [2.75, 3.05) is 5.32 Å². The predicted molar refractivity (Wildman–Crippen MR) is 77.8 cm³/mol. The average molecular weight is 236 g/mol. The van der Waals surface area contributed by atoms with Crippen LogP contribution in [0.1, 0.15) is 65.6 Å². The second-order valence-electron chi connectivity index (χ2n) is 4.58. The van der Waals surface area contributed by atoms with Crippen LogP contribution in [0.3, 0.4) is 0 Å². The van der Waals surface area contributed by atoms with E-state index in [0.717, 1.165) is 12.2 Å². The van der Waals surface area contributed by atoms with E-state index < -0.39 is 0 Å². The van der Waals surface area contributed by atoms with Crippen molar-refractivity contribution < 1.29 is 0 Å². The van der Waals surface area contributed by atoms with Gasteiger partial charge in [-0.1, -0.05) is 34.6 Å². The summed E-state index contributed by atoms with van der Waals surface area (Å²) in [6.07, 6.45) is 0.993. The maximum absolute atomic E-state index is 4.56. The van der Waals surface area contributed by atoms with Crippen molar-refractivity contribution >= 4 is 5.82 Å². The summed E-state index contributed by atoms with van der Waals surface area (Å²) in [5.74, 6) is 1.57. The zero-order valence-electron chi connectivity index (χ0n) is 12.5. The van der Waals surface area contributed by atoms with Crippen molar-refractivity contribution in [3.8, 4) is 0 Å². The van der Waals surface area contributed by atoms with Crippen molar-refractivity contribution in [1.29, 1.82) is 0 Å². The molecular weight excluding hydrogens is 208 g/mol. The predicted octanol–water partition coefficient (Wildman–Crippen LogP) is 4.61. The van der Waals surface area contributed by atoms with Crippen LogP contribution in [-0.2, 0) is 6.42 Å². The van der Waals surface area contributed by atoms with Crippen LogP contribution in [0.2, 0.25) is 0 Å². The van der Waals surface area contributed by atoms with Gasteiger partial charge in [0, 0.05) is 11.7 Å². The molecule has 0 aliphatic carbocycles. The topological polar surface area (TPSA) is 24.9 Å². The summed E-state index contributed by atoms with van der Waals surface area (Å²) in [6, 6.07) is 4.80. The lowest BCUT2D eigenvalue weighted by molar-refractivity contribution is 0.842. The molecule has 0 spiro atoms. The molecule has 17 heavy (non-hydrogen) atoms. The molecule has 0 saturated heterocycles. The van der Waals surface area contributed by atoms with Crippen molar-refractivity contribution in [2.24, 2.45) is 0 Å². The molecular formula is C15H28N2. The van der Waals surface area contributed by atoms with Gasteiger partial charge in [-0.2, -0.15) is 0 Å². The molecule has 1 heterocycles. The minimum Gasteiger partial charge on any atom is -0.368 e. The molecule has 0 saturated carbocycles. The van der Waals surface area contributed by atoms with Gasteiger partial charge in [0.05, 0.1) is 0 Å². The number of rotatable bonds is 4. The third-order valence-corrected chi connectivity index (χ3v) is 2.37. The fourth-order valence-corrected chi connectivity index (χ4v) is 1.50. The van der Waals surface area contributed by atoms with Crippen LogP contribution < -0.4 is 5.32 Å². The molecule has 0 aliphatic rings. The lowest BCUT2D eigenvalue weighted by Gasteiger charge is -2.14. The molecule has 0 amide bonds. The van der Waals surface area contributed by atoms with Gasteiger partial charge in [0.25, 0.3) is 0 Å². The average Bonchev–Trinajstić information content (AvgIpc) is 2.30. The maximum Gasteiger partial charge on any atom is 0.126 e. The number of anilines is 1. The third-order valence-electron chi connectivity index (χ3n) is 2.37. The first kappa shape index (κ1) is 16.0. The van der Waals surface area contributed by atoms with Crippen LogP contribution in [0.4, 0.5) is 5.82 Å². The molecule has 0 fully saturated rings. The van der Waals surface area contributed by atoms with E-state index >= 15 is 0 Å². The Bertz CT molecular complexity index is 317. The normalized spacial score (nSPS) is 10.2. The van der Waals surface area contributed by atoms with E-state index in [-0.39, 0.29) is 0 Å². The van der Waals surface area contributed by atoms with Crippen LogP contribution in [-0.4, -0.2) is 11.0 Å². The Morgan fingerprint density at radius 3 is 2.12 bits per heavy atom. The number of aromatic nitrogens is 1. The second-order valence-corrected chi connectivity index (χ2v) is 4.58. The van der Waals surface area contributed by atoms with Crippen LogP contribution in [0.25, 0.3) is 0 Å². The molecule has 0 bridgehead atoms. The maximum atomic E-state index is 4.56. The van der Waals surface area contributed by atoms with E-state index in [1.54, 1.807) is 0 Å². The molecule has 1 rings (SSSR count). The Hall–Kier alpha value is -1.05. The first-order valence-corrected chi connectivity index (χ1v) is 6.80. The summed E-state index contributed by atoms with van der Waals surface area (Å²) in [6.45, 7) is 14.8. The Morgan fingerprint density at radius 2 is 1.71 bits per heavy atom. The van der Waals surface area contributed by atoms with Gasteiger partial charge < -0.3 is 5.32 Å². The smallest absolute Gasteiger partial charge is 0.126 e. The quantitative estimate of drug-likeness (QED) is 0.825. The monoisotopic (exact) mass is 236 g/mol. The molecule has 0 atom stereocenters. The Labute approximate surface area is 107 Å². The molecule has 0 aromatic carbocycles. The largest absolute Gasteiger partial charge is 0.368 e. The lowest BCUT2D eigenvalue weighted by atomic mass is 10.0. The summed E-state index contributed by atoms with van der Waals surface area (Å²) in [7, 11) is 0. The highest BCUT2D eigenvalue weighted by molar-refractivity contribution is 5.41. The molecule has 2 heteroatoms. The zero-order valence-corrected chi connectivity index (χ0v) is 12.5. The first-order valence-electron chi connectivity index (χ1n) is 6.80. The van der Waals surface area contributed by atoms with Crippen LogP contribution in [0.15, 0.2) is 12.1 Å². The number of nitrogens with one attached hydrogen (secondary N) is 1. The Kier molecular flexibility index (Phi) is 7.60. The van der Waals surface area contributed by atoms with Crippen molar-refractivity contribution in [3.05, 3.63) is 23.4 Å². The third kappa shape index (κ3) is 5.71. The van der Waals surface area contributed by atoms with E-state index in [1.807, 2.05) is 13.8 Å². The standard InChI is InChI=1S/C13H22N2.C2H6/c1-6-12-7-11(9(2)3)8-13(15-12)14-10(4)5;1-2/h7-10H,6H2,1-5H3,(H,14,15);1-2H3. The van der Waals surface area contributed by atoms with Crippen molar-refractivity contribution in [2.45, 2.75) is 66.8 Å². The molecule has 1 aromatic heterocycles. The SMILES string of the molecule is CC.CCc1cc(C(C)C)cc(NC(C)C)n1. The van der Waals surface area contributed by atoms with E-state index in [9.17, 15) is 0 Å². The van der Waals surface area contributed by atoms with E-state index in [4.69, 9.17) is 0 Å². The molecule has 98 valence electrons. The minimum absolute atomic E-state index is 0.435. The summed E-state index contributed by atoms with van der Waals surface area (Å²) in [5.41, 5.74) is 2.54. The number of hydrogen-bond acceptors (Lipinski definition) is 2. The molecule has 0 unspecified atom stereocenters. The second kappa shape index (κ2) is 8.10. The van der Waals surface area contributed by atoms with E-state index in [1.165, 1.54) is 11.3 Å². The van der Waals surface area contributed by atoms with E-state index in [0.29, 0.717) is 12.0 Å². The van der Waals surface area contributed by atoms with Crippen molar-refractivity contribution in [1.82, 2.24) is 4.98 Å². The fourth-order valence-electron chi connectivity index (χ4n) is 1.50. The molecule has 1 N–H and O–H groups in total. The lowest BCUT2D eigenvalue weighted by Crippen LogP contribution is -2.12. The number of pyridine rings is 1. The number of aryl methyl sites for hydroxylation is 1. The summed E-state index contributed by atoms with van der Waals surface area (Å²) >= 11 is 0. The van der Waals surface area contributed by atoms with Gasteiger partial charge in [0.2, 0.25) is 0 Å². The summed E-state index contributed by atoms with van der Waals surface area (Å²) in [5, 5.41) is 3.36. The molecule has 0 aliphatic heterocycles. The van der Waals surface area contributed by atoms with Gasteiger partial charge >= 0.3 is 0 Å². The molecule has 1 aromatic rings. The Balaban J connectivity index is 0.00000121. The van der Waals surface area contributed by atoms with Crippen LogP contribution in [0.5, 0.6) is 0 Å². The summed E-state index contributed by atoms with van der Waals surface area (Å²) in [4.78, 5) is 4.56. The van der Waals surface area contributed by atoms with Gasteiger partial charge in [-0.3, -0.25) is 0 Å². The molecule has 0 radical (unpaired) electrons. The first-order chi connectivity index (χ1) is 8.02. The zero-order chi connectivity index (χ0) is 13.4. The number of hydrogen-bond donors (Lipinski definition) is 1. The van der Waals surface area contributed by atoms with Gasteiger partial charge in [0.15, 0.2) is 0 Å². The van der Waals surface area contributed by atoms with Gasteiger partial charge in [-0.25, -0.2) is 4.98 Å². The van der Waals surface area contributed by atoms with Crippen LogP contribution >= 0.6 is 0 Å². The highest BCUT2D eigenvalue weighted by atomic mass is 15.0. The molecule has 2 nitrogen and oxygen atoms in total. The van der Waals surface area contributed by atoms with Gasteiger partial charge in [0.1, 0.15) is 5.82 Å². The highest BCUT2D eigenvalue weighted by Gasteiger charge is 2.05. The van der Waals surface area contributed by atoms with E-state index in [2.05, 4.69) is 57.1 Å². The van der Waals surface area contributed by atoms with Gasteiger partial charge in [-0.05, 0) is 43.9 Å². The van der Waals surface area contributed by atoms with Crippen molar-refractivity contribution in [3.63, 3.8) is 0 Å². The summed E-state index contributed by atoms with van der Waals surface area (Å²) < 4.78 is 0. The van der Waals surface area contributed by atoms with Gasteiger partial charge in [-0.15, -0.1) is 0 Å². The van der Waals surface area contributed by atoms with Crippen LogP contribution in [0, 0.1) is 0 Å². The highest BCUT2D eigenvalue weighted by Crippen LogP contribution is 2.19. The Morgan fingerprint density at radius 1 is 1.12 bits per heavy atom. The minimum atomic E-state index is 0.435. The number of nitrogens with zero attached hydrogens (tertiary/aromatic N) is 1. The fraction of sp³-hybridized carbons (Fsp3) is 0.667.